The van der Waals surface area contributed by atoms with Crippen molar-refractivity contribution in [3.8, 4) is 5.75 Å². The molecule has 64 valence electrons. The molecule has 12 heavy (non-hydrogen) atoms. The minimum Gasteiger partial charge on any atom is -0.507 e. The maximum Gasteiger partial charge on any atom is 0.121 e. The summed E-state index contributed by atoms with van der Waals surface area (Å²) in [5, 5.41) is 20.6. The molecule has 0 bridgehead atoms. The molecule has 1 rings (SSSR count). The summed E-state index contributed by atoms with van der Waals surface area (Å²) < 4.78 is 0. The summed E-state index contributed by atoms with van der Waals surface area (Å²) in [6.07, 6.45) is 1.33. The van der Waals surface area contributed by atoms with Crippen LogP contribution in [0.15, 0.2) is 17.3 Å². The van der Waals surface area contributed by atoms with E-state index in [1.54, 1.807) is 26.0 Å². The Balaban J connectivity index is 3.21. The number of oxime groups is 1. The van der Waals surface area contributed by atoms with Crippen LogP contribution in [-0.2, 0) is 0 Å². The SMILES string of the molecule is Cc1cc(/C=N\O)cc(C)c1O. The van der Waals surface area contributed by atoms with Crippen LogP contribution in [0, 0.1) is 13.8 Å². The molecule has 0 radical (unpaired) electrons. The van der Waals surface area contributed by atoms with Crippen molar-refractivity contribution < 1.29 is 10.3 Å². The molecule has 0 aliphatic heterocycles. The number of hydrogen-bond acceptors (Lipinski definition) is 3. The molecule has 1 aromatic rings. The Hall–Kier alpha value is -1.51. The molecule has 0 aliphatic carbocycles. The van der Waals surface area contributed by atoms with E-state index in [1.165, 1.54) is 6.21 Å². The minimum atomic E-state index is 0.296. The normalized spacial score (nSPS) is 10.8. The Labute approximate surface area is 71.0 Å². The highest BCUT2D eigenvalue weighted by atomic mass is 16.4. The Morgan fingerprint density at radius 1 is 1.25 bits per heavy atom. The number of rotatable bonds is 1. The molecule has 0 heterocycles. The zero-order valence-corrected chi connectivity index (χ0v) is 7.07. The molecule has 1 aromatic carbocycles. The highest BCUT2D eigenvalue weighted by Crippen LogP contribution is 2.21. The lowest BCUT2D eigenvalue weighted by molar-refractivity contribution is 0.322. The second-order valence-corrected chi connectivity index (χ2v) is 2.75. The van der Waals surface area contributed by atoms with Crippen LogP contribution in [0.2, 0.25) is 0 Å². The average Bonchev–Trinajstić information content (AvgIpc) is 2.01. The van der Waals surface area contributed by atoms with Crippen LogP contribution >= 0.6 is 0 Å². The molecule has 0 fully saturated rings. The lowest BCUT2D eigenvalue weighted by Crippen LogP contribution is -1.86. The van der Waals surface area contributed by atoms with E-state index in [2.05, 4.69) is 5.16 Å². The van der Waals surface area contributed by atoms with Gasteiger partial charge in [-0.05, 0) is 42.7 Å². The molecule has 3 heteroatoms. The third-order valence-electron chi connectivity index (χ3n) is 1.72. The number of aromatic hydroxyl groups is 1. The molecular weight excluding hydrogens is 154 g/mol. The highest BCUT2D eigenvalue weighted by Gasteiger charge is 2.01. The van der Waals surface area contributed by atoms with Crippen molar-refractivity contribution in [2.24, 2.45) is 5.16 Å². The minimum absolute atomic E-state index is 0.296. The summed E-state index contributed by atoms with van der Waals surface area (Å²) in [7, 11) is 0. The van der Waals surface area contributed by atoms with Gasteiger partial charge < -0.3 is 10.3 Å². The van der Waals surface area contributed by atoms with Crippen LogP contribution in [0.1, 0.15) is 16.7 Å². The zero-order chi connectivity index (χ0) is 9.14. The number of phenols is 1. The summed E-state index contributed by atoms with van der Waals surface area (Å²) in [6.45, 7) is 3.61. The third-order valence-corrected chi connectivity index (χ3v) is 1.72. The van der Waals surface area contributed by atoms with E-state index in [9.17, 15) is 5.11 Å². The quantitative estimate of drug-likeness (QED) is 0.379. The number of phenolic OH excluding ortho intramolecular Hbond substituents is 1. The van der Waals surface area contributed by atoms with E-state index in [4.69, 9.17) is 5.21 Å². The van der Waals surface area contributed by atoms with Crippen molar-refractivity contribution in [2.45, 2.75) is 13.8 Å². The molecule has 3 nitrogen and oxygen atoms in total. The fraction of sp³-hybridized carbons (Fsp3) is 0.222. The van der Waals surface area contributed by atoms with Gasteiger partial charge in [0.15, 0.2) is 0 Å². The van der Waals surface area contributed by atoms with Gasteiger partial charge in [-0.25, -0.2) is 0 Å². The largest absolute Gasteiger partial charge is 0.507 e. The van der Waals surface area contributed by atoms with E-state index in [0.29, 0.717) is 5.75 Å². The van der Waals surface area contributed by atoms with E-state index in [1.807, 2.05) is 0 Å². The monoisotopic (exact) mass is 165 g/mol. The van der Waals surface area contributed by atoms with Crippen LogP contribution in [0.4, 0.5) is 0 Å². The van der Waals surface area contributed by atoms with Crippen LogP contribution in [0.3, 0.4) is 0 Å². The van der Waals surface area contributed by atoms with Gasteiger partial charge >= 0.3 is 0 Å². The molecule has 0 amide bonds. The smallest absolute Gasteiger partial charge is 0.121 e. The maximum atomic E-state index is 9.39. The van der Waals surface area contributed by atoms with Crippen molar-refractivity contribution in [3.63, 3.8) is 0 Å². The van der Waals surface area contributed by atoms with E-state index in [0.717, 1.165) is 16.7 Å². The van der Waals surface area contributed by atoms with Crippen LogP contribution in [0.5, 0.6) is 5.75 Å². The zero-order valence-electron chi connectivity index (χ0n) is 7.07. The summed E-state index contributed by atoms with van der Waals surface area (Å²) in [6, 6.07) is 3.50. The van der Waals surface area contributed by atoms with Crippen LogP contribution in [0.25, 0.3) is 0 Å². The van der Waals surface area contributed by atoms with Crippen molar-refractivity contribution in [2.75, 3.05) is 0 Å². The van der Waals surface area contributed by atoms with Gasteiger partial charge in [-0.1, -0.05) is 5.16 Å². The fourth-order valence-electron chi connectivity index (χ4n) is 1.13. The first-order valence-corrected chi connectivity index (χ1v) is 3.63. The Bertz CT molecular complexity index is 295. The van der Waals surface area contributed by atoms with Crippen molar-refractivity contribution in [1.82, 2.24) is 0 Å². The lowest BCUT2D eigenvalue weighted by atomic mass is 10.1. The van der Waals surface area contributed by atoms with Crippen LogP contribution in [-0.4, -0.2) is 16.5 Å². The third kappa shape index (κ3) is 1.56. The number of aryl methyl sites for hydroxylation is 2. The number of nitrogens with zero attached hydrogens (tertiary/aromatic N) is 1. The standard InChI is InChI=1S/C9H11NO2/c1-6-3-8(5-10-12)4-7(2)9(6)11/h3-5,11-12H,1-2H3/b10-5-. The van der Waals surface area contributed by atoms with Gasteiger partial charge in [-0.15, -0.1) is 0 Å². The first-order chi connectivity index (χ1) is 5.65. The Morgan fingerprint density at radius 2 is 1.75 bits per heavy atom. The molecule has 0 atom stereocenters. The molecule has 2 N–H and O–H groups in total. The lowest BCUT2D eigenvalue weighted by Gasteiger charge is -2.03. The molecule has 0 spiro atoms. The summed E-state index contributed by atoms with van der Waals surface area (Å²) >= 11 is 0. The van der Waals surface area contributed by atoms with Crippen molar-refractivity contribution in [1.29, 1.82) is 0 Å². The highest BCUT2D eigenvalue weighted by molar-refractivity contribution is 5.80. The molecule has 0 unspecified atom stereocenters. The molecule has 0 aromatic heterocycles. The van der Waals surface area contributed by atoms with Gasteiger partial charge in [0.05, 0.1) is 6.21 Å². The summed E-state index contributed by atoms with van der Waals surface area (Å²) in [5.41, 5.74) is 2.35. The first kappa shape index (κ1) is 8.59. The van der Waals surface area contributed by atoms with Crippen LogP contribution < -0.4 is 0 Å². The van der Waals surface area contributed by atoms with E-state index < -0.39 is 0 Å². The summed E-state index contributed by atoms with van der Waals surface area (Å²) in [4.78, 5) is 0. The first-order valence-electron chi connectivity index (χ1n) is 3.63. The molecular formula is C9H11NO2. The van der Waals surface area contributed by atoms with Gasteiger partial charge in [0.2, 0.25) is 0 Å². The fourth-order valence-corrected chi connectivity index (χ4v) is 1.13. The molecule has 0 aliphatic rings. The predicted octanol–water partition coefficient (Wildman–Crippen LogP) is 1.82. The second kappa shape index (κ2) is 3.26. The van der Waals surface area contributed by atoms with Gasteiger partial charge in [0.1, 0.15) is 5.75 Å². The van der Waals surface area contributed by atoms with Gasteiger partial charge in [0, 0.05) is 0 Å². The summed E-state index contributed by atoms with van der Waals surface area (Å²) in [5.74, 6) is 0.296. The molecule has 0 saturated heterocycles. The predicted molar refractivity (Wildman–Crippen MR) is 47.0 cm³/mol. The average molecular weight is 165 g/mol. The number of benzene rings is 1. The topological polar surface area (TPSA) is 52.8 Å². The van der Waals surface area contributed by atoms with E-state index in [-0.39, 0.29) is 0 Å². The maximum absolute atomic E-state index is 9.39. The van der Waals surface area contributed by atoms with Gasteiger partial charge in [-0.2, -0.15) is 0 Å². The van der Waals surface area contributed by atoms with Crippen molar-refractivity contribution in [3.05, 3.63) is 28.8 Å². The number of hydrogen-bond donors (Lipinski definition) is 2. The van der Waals surface area contributed by atoms with Crippen molar-refractivity contribution >= 4 is 6.21 Å². The Morgan fingerprint density at radius 3 is 2.17 bits per heavy atom. The second-order valence-electron chi connectivity index (χ2n) is 2.75. The molecule has 0 saturated carbocycles. The van der Waals surface area contributed by atoms with Gasteiger partial charge in [0.25, 0.3) is 0 Å². The van der Waals surface area contributed by atoms with Gasteiger partial charge in [-0.3, -0.25) is 0 Å². The Kier molecular flexibility index (Phi) is 2.33. The van der Waals surface area contributed by atoms with E-state index >= 15 is 0 Å².